The molecule has 4 heteroatoms. The normalized spacial score (nSPS) is 9.50. The molecule has 0 heterocycles. The van der Waals surface area contributed by atoms with Crippen molar-refractivity contribution in [2.24, 2.45) is 0 Å². The summed E-state index contributed by atoms with van der Waals surface area (Å²) in [5.74, 6) is 0.171. The number of alkyl halides is 1. The summed E-state index contributed by atoms with van der Waals surface area (Å²) in [7, 11) is 0. The molecule has 0 bridgehead atoms. The predicted molar refractivity (Wildman–Crippen MR) is 55.8 cm³/mol. The average molecular weight is 228 g/mol. The van der Waals surface area contributed by atoms with Crippen LogP contribution in [0.25, 0.3) is 0 Å². The van der Waals surface area contributed by atoms with E-state index in [1.807, 2.05) is 6.07 Å². The van der Waals surface area contributed by atoms with Crippen molar-refractivity contribution in [1.82, 2.24) is 0 Å². The third-order valence-corrected chi connectivity index (χ3v) is 2.22. The summed E-state index contributed by atoms with van der Waals surface area (Å²) >= 11 is 11.3. The van der Waals surface area contributed by atoms with Crippen LogP contribution in [0.4, 0.5) is 0 Å². The molecule has 72 valence electrons. The van der Waals surface area contributed by atoms with Crippen LogP contribution >= 0.6 is 23.2 Å². The highest BCUT2D eigenvalue weighted by Gasteiger charge is 2.09. The number of nitrogens with zero attached hydrogens (tertiary/aromatic N) is 1. The van der Waals surface area contributed by atoms with Gasteiger partial charge in [0.05, 0.1) is 16.7 Å². The van der Waals surface area contributed by atoms with Crippen molar-refractivity contribution in [3.63, 3.8) is 0 Å². The number of Topliss-reactive ketones (excluding diaryl/α,β-unsaturated/α-hetero) is 1. The maximum absolute atomic E-state index is 11.4. The van der Waals surface area contributed by atoms with E-state index in [9.17, 15) is 4.79 Å². The second-order valence-electron chi connectivity index (χ2n) is 2.67. The third-order valence-electron chi connectivity index (χ3n) is 1.72. The molecule has 0 atom stereocenters. The van der Waals surface area contributed by atoms with Gasteiger partial charge in [-0.15, -0.1) is 11.6 Å². The Kier molecular flexibility index (Phi) is 3.94. The molecule has 0 fully saturated rings. The molecule has 1 aromatic carbocycles. The topological polar surface area (TPSA) is 40.9 Å². The summed E-state index contributed by atoms with van der Waals surface area (Å²) in [6.07, 6.45) is 0.257. The first-order valence-corrected chi connectivity index (χ1v) is 4.89. The molecular weight excluding hydrogens is 221 g/mol. The van der Waals surface area contributed by atoms with Crippen molar-refractivity contribution >= 4 is 29.0 Å². The number of rotatable bonds is 3. The van der Waals surface area contributed by atoms with Gasteiger partial charge in [0.2, 0.25) is 0 Å². The summed E-state index contributed by atoms with van der Waals surface area (Å²) in [5.41, 5.74) is 0.865. The van der Waals surface area contributed by atoms with E-state index in [2.05, 4.69) is 0 Å². The zero-order chi connectivity index (χ0) is 10.6. The lowest BCUT2D eigenvalue weighted by molar-refractivity contribution is 0.0989. The maximum atomic E-state index is 11.4. The van der Waals surface area contributed by atoms with Crippen LogP contribution in [0.2, 0.25) is 5.02 Å². The fourth-order valence-electron chi connectivity index (χ4n) is 1.03. The summed E-state index contributed by atoms with van der Waals surface area (Å²) in [6, 6.07) is 6.53. The van der Waals surface area contributed by atoms with Gasteiger partial charge < -0.3 is 0 Å². The fraction of sp³-hybridized carbons (Fsp3) is 0.200. The molecule has 0 amide bonds. The molecule has 0 saturated carbocycles. The largest absolute Gasteiger partial charge is 0.294 e. The molecule has 0 aromatic heterocycles. The van der Waals surface area contributed by atoms with Gasteiger partial charge in [0, 0.05) is 17.9 Å². The molecule has 2 nitrogen and oxygen atoms in total. The second-order valence-corrected chi connectivity index (χ2v) is 3.45. The van der Waals surface area contributed by atoms with Crippen LogP contribution in [-0.2, 0) is 0 Å². The highest BCUT2D eigenvalue weighted by atomic mass is 35.5. The molecule has 0 aliphatic carbocycles. The van der Waals surface area contributed by atoms with Crippen LogP contribution in [0, 0.1) is 11.3 Å². The Morgan fingerprint density at radius 1 is 1.50 bits per heavy atom. The quantitative estimate of drug-likeness (QED) is 0.589. The van der Waals surface area contributed by atoms with Crippen LogP contribution in [0.5, 0.6) is 0 Å². The Bertz CT molecular complexity index is 396. The van der Waals surface area contributed by atoms with E-state index in [1.165, 1.54) is 6.07 Å². The first-order chi connectivity index (χ1) is 6.69. The van der Waals surface area contributed by atoms with Gasteiger partial charge in [-0.25, -0.2) is 0 Å². The number of hydrogen-bond donors (Lipinski definition) is 0. The summed E-state index contributed by atoms with van der Waals surface area (Å²) in [5, 5.41) is 8.89. The lowest BCUT2D eigenvalue weighted by Crippen LogP contribution is -2.00. The van der Waals surface area contributed by atoms with Gasteiger partial charge in [0.15, 0.2) is 5.78 Å². The van der Waals surface area contributed by atoms with E-state index in [1.54, 1.807) is 12.1 Å². The van der Waals surface area contributed by atoms with Crippen molar-refractivity contribution in [2.75, 3.05) is 5.88 Å². The van der Waals surface area contributed by atoms with E-state index in [-0.39, 0.29) is 18.1 Å². The number of carbonyl (C=O) groups is 1. The number of ketones is 1. The van der Waals surface area contributed by atoms with Gasteiger partial charge in [0.1, 0.15) is 0 Å². The number of halogens is 2. The molecule has 14 heavy (non-hydrogen) atoms. The Hall–Kier alpha value is -1.04. The summed E-state index contributed by atoms with van der Waals surface area (Å²) in [4.78, 5) is 11.4. The summed E-state index contributed by atoms with van der Waals surface area (Å²) < 4.78 is 0. The van der Waals surface area contributed by atoms with Crippen molar-refractivity contribution in [3.05, 3.63) is 34.3 Å². The van der Waals surface area contributed by atoms with E-state index < -0.39 is 0 Å². The molecule has 1 rings (SSSR count). The van der Waals surface area contributed by atoms with Gasteiger partial charge >= 0.3 is 0 Å². The van der Waals surface area contributed by atoms with Gasteiger partial charge in [-0.2, -0.15) is 5.26 Å². The third kappa shape index (κ3) is 2.47. The smallest absolute Gasteiger partial charge is 0.165 e. The molecular formula is C10H7Cl2NO. The molecule has 0 aliphatic heterocycles. The molecule has 0 unspecified atom stereocenters. The standard InChI is InChI=1S/C10H7Cl2NO/c11-4-3-10(14)8-2-1-7(6-13)5-9(8)12/h1-2,5H,3-4H2. The predicted octanol–water partition coefficient (Wildman–Crippen LogP) is 3.02. The molecule has 1 aromatic rings. The fourth-order valence-corrected chi connectivity index (χ4v) is 1.49. The van der Waals surface area contributed by atoms with E-state index in [4.69, 9.17) is 28.5 Å². The SMILES string of the molecule is N#Cc1ccc(C(=O)CCCl)c(Cl)c1. The van der Waals surface area contributed by atoms with E-state index in [0.717, 1.165) is 0 Å². The van der Waals surface area contributed by atoms with Crippen LogP contribution in [0.3, 0.4) is 0 Å². The number of carbonyl (C=O) groups excluding carboxylic acids is 1. The van der Waals surface area contributed by atoms with Gasteiger partial charge in [0.25, 0.3) is 0 Å². The Balaban J connectivity index is 3.01. The van der Waals surface area contributed by atoms with E-state index in [0.29, 0.717) is 16.1 Å². The zero-order valence-electron chi connectivity index (χ0n) is 7.26. The second kappa shape index (κ2) is 4.99. The van der Waals surface area contributed by atoms with Crippen LogP contribution in [0.15, 0.2) is 18.2 Å². The Labute approximate surface area is 92.1 Å². The van der Waals surface area contributed by atoms with Crippen molar-refractivity contribution in [1.29, 1.82) is 5.26 Å². The number of hydrogen-bond acceptors (Lipinski definition) is 2. The van der Waals surface area contributed by atoms with Gasteiger partial charge in [-0.1, -0.05) is 11.6 Å². The minimum Gasteiger partial charge on any atom is -0.294 e. The van der Waals surface area contributed by atoms with Crippen LogP contribution in [0.1, 0.15) is 22.3 Å². The average Bonchev–Trinajstić information content (AvgIpc) is 2.17. The first-order valence-electron chi connectivity index (χ1n) is 3.98. The van der Waals surface area contributed by atoms with Crippen LogP contribution < -0.4 is 0 Å². The number of nitriles is 1. The lowest BCUT2D eigenvalue weighted by Gasteiger charge is -2.01. The van der Waals surface area contributed by atoms with Gasteiger partial charge in [-0.3, -0.25) is 4.79 Å². The molecule has 0 spiro atoms. The minimum atomic E-state index is -0.102. The van der Waals surface area contributed by atoms with E-state index >= 15 is 0 Å². The van der Waals surface area contributed by atoms with Crippen molar-refractivity contribution in [2.45, 2.75) is 6.42 Å². The Morgan fingerprint density at radius 3 is 2.71 bits per heavy atom. The van der Waals surface area contributed by atoms with Crippen molar-refractivity contribution < 1.29 is 4.79 Å². The molecule has 0 saturated heterocycles. The first kappa shape index (κ1) is 11.0. The molecule has 0 radical (unpaired) electrons. The highest BCUT2D eigenvalue weighted by Crippen LogP contribution is 2.19. The lowest BCUT2D eigenvalue weighted by atomic mass is 10.1. The molecule has 0 aliphatic rings. The minimum absolute atomic E-state index is 0.102. The maximum Gasteiger partial charge on any atom is 0.165 e. The monoisotopic (exact) mass is 227 g/mol. The van der Waals surface area contributed by atoms with Crippen LogP contribution in [-0.4, -0.2) is 11.7 Å². The van der Waals surface area contributed by atoms with Crippen molar-refractivity contribution in [3.8, 4) is 6.07 Å². The zero-order valence-corrected chi connectivity index (χ0v) is 8.77. The highest BCUT2D eigenvalue weighted by molar-refractivity contribution is 6.34. The summed E-state index contributed by atoms with van der Waals surface area (Å²) in [6.45, 7) is 0. The van der Waals surface area contributed by atoms with Gasteiger partial charge in [-0.05, 0) is 18.2 Å². The molecule has 0 N–H and O–H groups in total. The number of benzene rings is 1. The Morgan fingerprint density at radius 2 is 2.21 bits per heavy atom.